The first kappa shape index (κ1) is 9.32. The lowest BCUT2D eigenvalue weighted by Crippen LogP contribution is -1.82. The minimum Gasteiger partial charge on any atom is -0.391 e. The van der Waals surface area contributed by atoms with E-state index in [1.165, 1.54) is 11.3 Å². The number of nitrogens with two attached hydrogens (primary N) is 1. The molecule has 0 aliphatic heterocycles. The molecule has 0 radical (unpaired) electrons. The van der Waals surface area contributed by atoms with Gasteiger partial charge in [-0.15, -0.1) is 22.9 Å². The molecule has 0 unspecified atom stereocenters. The first-order valence-corrected chi connectivity index (χ1v) is 5.37. The van der Waals surface area contributed by atoms with E-state index >= 15 is 0 Å². The Kier molecular flexibility index (Phi) is 2.32. The Hall–Kier alpha value is -1.24. The zero-order valence-electron chi connectivity index (χ0n) is 7.25. The van der Waals surface area contributed by atoms with E-state index in [0.717, 1.165) is 20.7 Å². The van der Waals surface area contributed by atoms with Crippen LogP contribution < -0.4 is 5.73 Å². The van der Waals surface area contributed by atoms with Crippen LogP contribution in [0.25, 0.3) is 10.1 Å². The van der Waals surface area contributed by atoms with Crippen molar-refractivity contribution in [3.8, 4) is 6.07 Å². The Balaban J connectivity index is 2.80. The second-order valence-corrected chi connectivity index (χ2v) is 4.32. The molecule has 1 aromatic heterocycles. The van der Waals surface area contributed by atoms with Crippen molar-refractivity contribution < 1.29 is 0 Å². The molecule has 0 fully saturated rings. The third kappa shape index (κ3) is 1.43. The first-order chi connectivity index (χ1) is 6.74. The number of fused-ring (bicyclic) bond motifs is 1. The number of nitriles is 1. The zero-order valence-corrected chi connectivity index (χ0v) is 8.82. The average molecular weight is 223 g/mol. The number of thiophene rings is 1. The first-order valence-electron chi connectivity index (χ1n) is 4.02. The molecule has 14 heavy (non-hydrogen) atoms. The summed E-state index contributed by atoms with van der Waals surface area (Å²) in [5, 5.41) is 10.6. The van der Waals surface area contributed by atoms with Gasteiger partial charge in [-0.1, -0.05) is 0 Å². The van der Waals surface area contributed by atoms with Gasteiger partial charge >= 0.3 is 0 Å². The summed E-state index contributed by atoms with van der Waals surface area (Å²) < 4.78 is 1.03. The van der Waals surface area contributed by atoms with E-state index in [1.54, 1.807) is 0 Å². The van der Waals surface area contributed by atoms with E-state index in [1.807, 2.05) is 18.2 Å². The fourth-order valence-electron chi connectivity index (χ4n) is 1.41. The van der Waals surface area contributed by atoms with Gasteiger partial charge in [0.05, 0.1) is 16.6 Å². The molecule has 0 aliphatic carbocycles. The maximum Gasteiger partial charge on any atom is 0.0992 e. The van der Waals surface area contributed by atoms with Crippen LogP contribution in [-0.2, 0) is 5.88 Å². The zero-order chi connectivity index (χ0) is 10.1. The predicted molar refractivity (Wildman–Crippen MR) is 60.5 cm³/mol. The van der Waals surface area contributed by atoms with Crippen LogP contribution in [0.15, 0.2) is 18.2 Å². The fraction of sp³-hybridized carbons (Fsp3) is 0.100. The maximum atomic E-state index is 8.80. The Morgan fingerprint density at radius 1 is 1.43 bits per heavy atom. The van der Waals surface area contributed by atoms with Crippen molar-refractivity contribution in [2.75, 3.05) is 5.73 Å². The standard InChI is InChI=1S/C10H7ClN2S/c11-4-7-1-6(5-12)2-9-8(7)3-10(13)14-9/h1-3H,4,13H2. The van der Waals surface area contributed by atoms with Gasteiger partial charge in [0.1, 0.15) is 0 Å². The molecule has 0 bridgehead atoms. The minimum atomic E-state index is 0.405. The Morgan fingerprint density at radius 2 is 2.21 bits per heavy atom. The highest BCUT2D eigenvalue weighted by Gasteiger charge is 2.06. The molecular formula is C10H7ClN2S. The van der Waals surface area contributed by atoms with E-state index in [0.29, 0.717) is 11.4 Å². The van der Waals surface area contributed by atoms with E-state index in [-0.39, 0.29) is 0 Å². The van der Waals surface area contributed by atoms with Crippen LogP contribution in [0.3, 0.4) is 0 Å². The average Bonchev–Trinajstić information content (AvgIpc) is 2.56. The maximum absolute atomic E-state index is 8.80. The van der Waals surface area contributed by atoms with Crippen molar-refractivity contribution in [2.24, 2.45) is 0 Å². The topological polar surface area (TPSA) is 49.8 Å². The van der Waals surface area contributed by atoms with E-state index in [9.17, 15) is 0 Å². The molecule has 0 spiro atoms. The van der Waals surface area contributed by atoms with Crippen LogP contribution >= 0.6 is 22.9 Å². The summed E-state index contributed by atoms with van der Waals surface area (Å²) >= 11 is 7.28. The summed E-state index contributed by atoms with van der Waals surface area (Å²) in [5.41, 5.74) is 7.30. The van der Waals surface area contributed by atoms with Gasteiger partial charge in [0.25, 0.3) is 0 Å². The van der Waals surface area contributed by atoms with Gasteiger partial charge in [0.2, 0.25) is 0 Å². The molecule has 2 rings (SSSR count). The number of halogens is 1. The molecule has 0 atom stereocenters. The molecule has 0 saturated carbocycles. The molecule has 2 nitrogen and oxygen atoms in total. The highest BCUT2D eigenvalue weighted by molar-refractivity contribution is 7.22. The van der Waals surface area contributed by atoms with Gasteiger partial charge in [-0.25, -0.2) is 0 Å². The van der Waals surface area contributed by atoms with E-state index in [2.05, 4.69) is 6.07 Å². The summed E-state index contributed by atoms with van der Waals surface area (Å²) in [6.45, 7) is 0. The van der Waals surface area contributed by atoms with Crippen molar-refractivity contribution in [1.82, 2.24) is 0 Å². The monoisotopic (exact) mass is 222 g/mol. The Morgan fingerprint density at radius 3 is 2.86 bits per heavy atom. The third-order valence-electron chi connectivity index (χ3n) is 2.02. The number of hydrogen-bond donors (Lipinski definition) is 1. The third-order valence-corrected chi connectivity index (χ3v) is 3.21. The van der Waals surface area contributed by atoms with Gasteiger partial charge in [0, 0.05) is 10.6 Å². The quantitative estimate of drug-likeness (QED) is 0.754. The SMILES string of the molecule is N#Cc1cc(CCl)c2cc(N)sc2c1. The molecular weight excluding hydrogens is 216 g/mol. The molecule has 1 heterocycles. The van der Waals surface area contributed by atoms with Crippen LogP contribution in [0.1, 0.15) is 11.1 Å². The second kappa shape index (κ2) is 3.49. The van der Waals surface area contributed by atoms with Gasteiger partial charge in [0.15, 0.2) is 0 Å². The van der Waals surface area contributed by atoms with E-state index in [4.69, 9.17) is 22.6 Å². The van der Waals surface area contributed by atoms with Crippen LogP contribution in [0.2, 0.25) is 0 Å². The van der Waals surface area contributed by atoms with Gasteiger partial charge in [-0.05, 0) is 29.1 Å². The van der Waals surface area contributed by atoms with Crippen LogP contribution in [0.4, 0.5) is 5.00 Å². The molecule has 2 aromatic rings. The van der Waals surface area contributed by atoms with E-state index < -0.39 is 0 Å². The predicted octanol–water partition coefficient (Wildman–Crippen LogP) is 3.09. The fourth-order valence-corrected chi connectivity index (χ4v) is 2.54. The van der Waals surface area contributed by atoms with Crippen LogP contribution in [0.5, 0.6) is 0 Å². The number of rotatable bonds is 1. The molecule has 1 aromatic carbocycles. The van der Waals surface area contributed by atoms with Crippen molar-refractivity contribution >= 4 is 38.0 Å². The molecule has 0 amide bonds. The number of benzene rings is 1. The summed E-state index contributed by atoms with van der Waals surface area (Å²) in [7, 11) is 0. The number of anilines is 1. The van der Waals surface area contributed by atoms with Crippen molar-refractivity contribution in [1.29, 1.82) is 5.26 Å². The number of nitrogen functional groups attached to an aromatic ring is 1. The molecule has 2 N–H and O–H groups in total. The number of hydrogen-bond acceptors (Lipinski definition) is 3. The largest absolute Gasteiger partial charge is 0.391 e. The summed E-state index contributed by atoms with van der Waals surface area (Å²) in [5.74, 6) is 0.405. The highest BCUT2D eigenvalue weighted by atomic mass is 35.5. The van der Waals surface area contributed by atoms with Gasteiger partial charge in [-0.3, -0.25) is 0 Å². The second-order valence-electron chi connectivity index (χ2n) is 2.94. The van der Waals surface area contributed by atoms with Crippen LogP contribution in [0, 0.1) is 11.3 Å². The summed E-state index contributed by atoms with van der Waals surface area (Å²) in [6, 6.07) is 7.66. The number of alkyl halides is 1. The van der Waals surface area contributed by atoms with Gasteiger partial charge in [-0.2, -0.15) is 5.26 Å². The Labute approximate surface area is 90.5 Å². The number of nitrogens with zero attached hydrogens (tertiary/aromatic N) is 1. The van der Waals surface area contributed by atoms with Gasteiger partial charge < -0.3 is 5.73 Å². The van der Waals surface area contributed by atoms with Crippen molar-refractivity contribution in [2.45, 2.75) is 5.88 Å². The molecule has 0 aliphatic rings. The normalized spacial score (nSPS) is 10.3. The smallest absolute Gasteiger partial charge is 0.0992 e. The lowest BCUT2D eigenvalue weighted by atomic mass is 10.1. The summed E-state index contributed by atoms with van der Waals surface area (Å²) in [4.78, 5) is 0. The lowest BCUT2D eigenvalue weighted by molar-refractivity contribution is 1.42. The lowest BCUT2D eigenvalue weighted by Gasteiger charge is -1.98. The van der Waals surface area contributed by atoms with Crippen LogP contribution in [-0.4, -0.2) is 0 Å². The Bertz CT molecular complexity index is 525. The minimum absolute atomic E-state index is 0.405. The summed E-state index contributed by atoms with van der Waals surface area (Å²) in [6.07, 6.45) is 0. The van der Waals surface area contributed by atoms with Crippen molar-refractivity contribution in [3.05, 3.63) is 29.3 Å². The molecule has 70 valence electrons. The molecule has 4 heteroatoms. The molecule has 0 saturated heterocycles. The van der Waals surface area contributed by atoms with Crippen molar-refractivity contribution in [3.63, 3.8) is 0 Å². The highest BCUT2D eigenvalue weighted by Crippen LogP contribution is 2.31.